The van der Waals surface area contributed by atoms with E-state index in [4.69, 9.17) is 4.74 Å². The summed E-state index contributed by atoms with van der Waals surface area (Å²) in [6, 6.07) is 17.3. The number of piperidine rings is 1. The maximum atomic E-state index is 13.5. The Hall–Kier alpha value is -3.45. The van der Waals surface area contributed by atoms with Crippen molar-refractivity contribution in [2.75, 3.05) is 19.7 Å². The number of benzene rings is 2. The van der Waals surface area contributed by atoms with Gasteiger partial charge in [-0.05, 0) is 30.0 Å². The Morgan fingerprint density at radius 2 is 1.66 bits per heavy atom. The second-order valence-electron chi connectivity index (χ2n) is 7.78. The van der Waals surface area contributed by atoms with Gasteiger partial charge in [-0.25, -0.2) is 4.79 Å². The van der Waals surface area contributed by atoms with Gasteiger partial charge in [-0.2, -0.15) is 0 Å². The monoisotopic (exact) mass is 436 g/mol. The lowest BCUT2D eigenvalue weighted by molar-refractivity contribution is -0.151. The van der Waals surface area contributed by atoms with Crippen molar-refractivity contribution < 1.29 is 24.2 Å². The van der Waals surface area contributed by atoms with Crippen LogP contribution in [0.4, 0.5) is 0 Å². The first kappa shape index (κ1) is 23.2. The van der Waals surface area contributed by atoms with Crippen LogP contribution in [-0.2, 0) is 31.1 Å². The summed E-state index contributed by atoms with van der Waals surface area (Å²) in [6.07, 6.45) is 2.04. The van der Waals surface area contributed by atoms with E-state index in [-0.39, 0.29) is 18.4 Å². The number of carbonyl (C=O) groups is 3. The molecule has 1 aliphatic heterocycles. The Balaban J connectivity index is 1.73. The molecule has 0 bridgehead atoms. The predicted octanol–water partition coefficient (Wildman–Crippen LogP) is 1.95. The van der Waals surface area contributed by atoms with E-state index in [2.05, 4.69) is 11.9 Å². The van der Waals surface area contributed by atoms with E-state index in [1.54, 1.807) is 4.90 Å². The maximum absolute atomic E-state index is 13.5. The Bertz CT molecular complexity index is 937. The molecule has 0 aromatic heterocycles. The van der Waals surface area contributed by atoms with Crippen molar-refractivity contribution in [3.63, 3.8) is 0 Å². The highest BCUT2D eigenvalue weighted by atomic mass is 16.5. The summed E-state index contributed by atoms with van der Waals surface area (Å²) in [5, 5.41) is 12.4. The number of amides is 2. The normalized spacial score (nSPS) is 16.0. The van der Waals surface area contributed by atoms with Crippen molar-refractivity contribution in [1.29, 1.82) is 0 Å². The third kappa shape index (κ3) is 5.23. The number of likely N-dealkylation sites (tertiary alicyclic amines) is 1. The van der Waals surface area contributed by atoms with Gasteiger partial charge in [0.15, 0.2) is 6.04 Å². The summed E-state index contributed by atoms with van der Waals surface area (Å²) in [7, 11) is 0. The number of nitrogens with zero attached hydrogens (tertiary/aromatic N) is 1. The number of aliphatic hydroxyl groups excluding tert-OH is 1. The molecular formula is C25H28N2O5. The SMILES string of the molecule is C=CC(=O)N1CCC(C(=O)N[C@@H](CO)C(=O)OCc2ccccc2)(c2ccccc2)CC1. The molecule has 1 atom stereocenters. The number of ether oxygens (including phenoxy) is 1. The molecule has 1 heterocycles. The predicted molar refractivity (Wildman–Crippen MR) is 119 cm³/mol. The molecule has 3 rings (SSSR count). The van der Waals surface area contributed by atoms with Crippen molar-refractivity contribution in [3.8, 4) is 0 Å². The molecule has 2 amide bonds. The maximum Gasteiger partial charge on any atom is 0.331 e. The number of hydrogen-bond donors (Lipinski definition) is 2. The largest absolute Gasteiger partial charge is 0.459 e. The Kier molecular flexibility index (Phi) is 7.78. The highest BCUT2D eigenvalue weighted by molar-refractivity contribution is 5.93. The van der Waals surface area contributed by atoms with E-state index < -0.39 is 24.0 Å². The van der Waals surface area contributed by atoms with Gasteiger partial charge in [-0.3, -0.25) is 9.59 Å². The highest BCUT2D eigenvalue weighted by Crippen LogP contribution is 2.36. The number of hydrogen-bond acceptors (Lipinski definition) is 5. The smallest absolute Gasteiger partial charge is 0.331 e. The number of aliphatic hydroxyl groups is 1. The fourth-order valence-corrected chi connectivity index (χ4v) is 3.95. The molecule has 32 heavy (non-hydrogen) atoms. The van der Waals surface area contributed by atoms with Crippen LogP contribution < -0.4 is 5.32 Å². The van der Waals surface area contributed by atoms with Crippen LogP contribution in [0.3, 0.4) is 0 Å². The first-order chi connectivity index (χ1) is 15.5. The average Bonchev–Trinajstić information content (AvgIpc) is 2.86. The van der Waals surface area contributed by atoms with Gasteiger partial charge in [0.1, 0.15) is 6.61 Å². The molecule has 0 spiro atoms. The Morgan fingerprint density at radius 1 is 1.06 bits per heavy atom. The fraction of sp³-hybridized carbons (Fsp3) is 0.320. The van der Waals surface area contributed by atoms with Crippen LogP contribution in [0.5, 0.6) is 0 Å². The lowest BCUT2D eigenvalue weighted by Gasteiger charge is -2.41. The van der Waals surface area contributed by atoms with Crippen LogP contribution >= 0.6 is 0 Å². The minimum absolute atomic E-state index is 0.0501. The summed E-state index contributed by atoms with van der Waals surface area (Å²) in [5.74, 6) is -1.25. The molecule has 0 aliphatic carbocycles. The number of nitrogens with one attached hydrogen (secondary N) is 1. The number of esters is 1. The van der Waals surface area contributed by atoms with Gasteiger partial charge in [0, 0.05) is 13.1 Å². The molecule has 1 fully saturated rings. The fourth-order valence-electron chi connectivity index (χ4n) is 3.95. The van der Waals surface area contributed by atoms with Crippen LogP contribution in [0.1, 0.15) is 24.0 Å². The summed E-state index contributed by atoms with van der Waals surface area (Å²) >= 11 is 0. The first-order valence-electron chi connectivity index (χ1n) is 10.6. The van der Waals surface area contributed by atoms with Crippen LogP contribution in [0.15, 0.2) is 73.3 Å². The summed E-state index contributed by atoms with van der Waals surface area (Å²) in [5.41, 5.74) is 0.688. The Labute approximate surface area is 187 Å². The average molecular weight is 437 g/mol. The van der Waals surface area contributed by atoms with Gasteiger partial charge in [-0.1, -0.05) is 67.2 Å². The molecule has 0 saturated carbocycles. The van der Waals surface area contributed by atoms with Crippen LogP contribution in [0.2, 0.25) is 0 Å². The quantitative estimate of drug-likeness (QED) is 0.487. The molecular weight excluding hydrogens is 408 g/mol. The minimum Gasteiger partial charge on any atom is -0.459 e. The third-order valence-electron chi connectivity index (χ3n) is 5.86. The van der Waals surface area contributed by atoms with Gasteiger partial charge >= 0.3 is 5.97 Å². The van der Waals surface area contributed by atoms with Gasteiger partial charge in [0.25, 0.3) is 0 Å². The summed E-state index contributed by atoms with van der Waals surface area (Å²) in [6.45, 7) is 3.77. The lowest BCUT2D eigenvalue weighted by Crippen LogP contribution is -2.56. The summed E-state index contributed by atoms with van der Waals surface area (Å²) in [4.78, 5) is 39.6. The van der Waals surface area contributed by atoms with Crippen molar-refractivity contribution in [1.82, 2.24) is 10.2 Å². The zero-order valence-corrected chi connectivity index (χ0v) is 17.9. The standard InChI is InChI=1S/C25H28N2O5/c1-2-22(29)27-15-13-25(14-16-27,20-11-7-4-8-12-20)24(31)26-21(17-28)23(30)32-18-19-9-5-3-6-10-19/h2-12,21,28H,1,13-18H2,(H,26,31)/t21-/m0/s1. The zero-order valence-electron chi connectivity index (χ0n) is 17.9. The molecule has 2 aromatic carbocycles. The van der Waals surface area contributed by atoms with Gasteiger partial charge in [0.05, 0.1) is 12.0 Å². The highest BCUT2D eigenvalue weighted by Gasteiger charge is 2.44. The topological polar surface area (TPSA) is 95.9 Å². The molecule has 0 radical (unpaired) electrons. The molecule has 1 saturated heterocycles. The molecule has 1 aliphatic rings. The van der Waals surface area contributed by atoms with E-state index in [1.807, 2.05) is 60.7 Å². The minimum atomic E-state index is -1.18. The van der Waals surface area contributed by atoms with Gasteiger partial charge < -0.3 is 20.1 Å². The lowest BCUT2D eigenvalue weighted by atomic mass is 9.71. The van der Waals surface area contributed by atoms with Crippen LogP contribution in [0, 0.1) is 0 Å². The van der Waals surface area contributed by atoms with Crippen LogP contribution in [-0.4, -0.2) is 53.5 Å². The van der Waals surface area contributed by atoms with Crippen molar-refractivity contribution in [3.05, 3.63) is 84.4 Å². The molecule has 7 nitrogen and oxygen atoms in total. The molecule has 0 unspecified atom stereocenters. The van der Waals surface area contributed by atoms with E-state index in [0.717, 1.165) is 11.1 Å². The molecule has 7 heteroatoms. The third-order valence-corrected chi connectivity index (χ3v) is 5.86. The van der Waals surface area contributed by atoms with Gasteiger partial charge in [-0.15, -0.1) is 0 Å². The van der Waals surface area contributed by atoms with Gasteiger partial charge in [0.2, 0.25) is 11.8 Å². The number of carbonyl (C=O) groups excluding carboxylic acids is 3. The van der Waals surface area contributed by atoms with E-state index in [9.17, 15) is 19.5 Å². The van der Waals surface area contributed by atoms with E-state index >= 15 is 0 Å². The zero-order chi connectivity index (χ0) is 23.0. The van der Waals surface area contributed by atoms with Crippen molar-refractivity contribution in [2.24, 2.45) is 0 Å². The van der Waals surface area contributed by atoms with Crippen molar-refractivity contribution >= 4 is 17.8 Å². The first-order valence-corrected chi connectivity index (χ1v) is 10.6. The van der Waals surface area contributed by atoms with Crippen molar-refractivity contribution in [2.45, 2.75) is 30.9 Å². The van der Waals surface area contributed by atoms with Crippen LogP contribution in [0.25, 0.3) is 0 Å². The second-order valence-corrected chi connectivity index (χ2v) is 7.78. The van der Waals surface area contributed by atoms with E-state index in [1.165, 1.54) is 6.08 Å². The number of rotatable bonds is 8. The molecule has 168 valence electrons. The summed E-state index contributed by atoms with van der Waals surface area (Å²) < 4.78 is 5.29. The Morgan fingerprint density at radius 3 is 2.22 bits per heavy atom. The molecule has 2 aromatic rings. The molecule has 2 N–H and O–H groups in total. The van der Waals surface area contributed by atoms with E-state index in [0.29, 0.717) is 25.9 Å². The second kappa shape index (κ2) is 10.7.